The molecule has 0 radical (unpaired) electrons. The second kappa shape index (κ2) is 6.03. The third-order valence-corrected chi connectivity index (χ3v) is 4.33. The molecule has 3 rings (SSSR count). The number of hydrogen-bond donors (Lipinski definition) is 1. The third-order valence-electron chi connectivity index (χ3n) is 4.33. The highest BCUT2D eigenvalue weighted by Crippen LogP contribution is 2.23. The summed E-state index contributed by atoms with van der Waals surface area (Å²) in [6.45, 7) is 6.38. The zero-order valence-electron chi connectivity index (χ0n) is 12.9. The smallest absolute Gasteiger partial charge is 0.209 e. The number of para-hydroxylation sites is 1. The molecule has 1 aliphatic rings. The van der Waals surface area contributed by atoms with Crippen LogP contribution in [0.15, 0.2) is 22.6 Å². The molecule has 1 aliphatic heterocycles. The highest BCUT2D eigenvalue weighted by Gasteiger charge is 2.23. The van der Waals surface area contributed by atoms with Gasteiger partial charge in [-0.2, -0.15) is 0 Å². The molecule has 2 heterocycles. The molecule has 0 spiro atoms. The van der Waals surface area contributed by atoms with Crippen LogP contribution in [-0.2, 0) is 6.54 Å². The minimum Gasteiger partial charge on any atom is -0.439 e. The summed E-state index contributed by atoms with van der Waals surface area (Å²) in [6.07, 6.45) is 2.34. The van der Waals surface area contributed by atoms with Gasteiger partial charge in [0.05, 0.1) is 12.2 Å². The first-order valence-corrected chi connectivity index (χ1v) is 7.74. The van der Waals surface area contributed by atoms with Crippen molar-refractivity contribution < 1.29 is 4.42 Å². The van der Waals surface area contributed by atoms with E-state index in [9.17, 15) is 0 Å². The summed E-state index contributed by atoms with van der Waals surface area (Å²) < 4.78 is 5.87. The topological polar surface area (TPSA) is 58.5 Å². The Balaban J connectivity index is 1.81. The highest BCUT2D eigenvalue weighted by molar-refractivity contribution is 5.85. The average molecular weight is 288 g/mol. The van der Waals surface area contributed by atoms with Crippen molar-refractivity contribution in [3.63, 3.8) is 0 Å². The van der Waals surface area contributed by atoms with Crippen molar-refractivity contribution in [3.05, 3.63) is 24.1 Å². The van der Waals surface area contributed by atoms with Crippen LogP contribution < -0.4 is 5.73 Å². The van der Waals surface area contributed by atoms with Crippen molar-refractivity contribution in [3.8, 4) is 0 Å². The molecule has 1 saturated heterocycles. The zero-order valence-corrected chi connectivity index (χ0v) is 12.9. The second-order valence-electron chi connectivity index (χ2n) is 5.95. The summed E-state index contributed by atoms with van der Waals surface area (Å²) in [5, 5.41) is 0. The van der Waals surface area contributed by atoms with Crippen LogP contribution in [0.25, 0.3) is 11.1 Å². The lowest BCUT2D eigenvalue weighted by molar-refractivity contribution is 0.163. The van der Waals surface area contributed by atoms with E-state index in [-0.39, 0.29) is 0 Å². The van der Waals surface area contributed by atoms with Crippen molar-refractivity contribution >= 4 is 16.8 Å². The van der Waals surface area contributed by atoms with E-state index < -0.39 is 0 Å². The van der Waals surface area contributed by atoms with E-state index in [1.165, 1.54) is 6.42 Å². The minimum atomic E-state index is 0.560. The molecule has 0 bridgehead atoms. The summed E-state index contributed by atoms with van der Waals surface area (Å²) in [4.78, 5) is 9.48. The molecule has 1 aromatic carbocycles. The molecule has 0 saturated carbocycles. The molecular weight excluding hydrogens is 264 g/mol. The van der Waals surface area contributed by atoms with Gasteiger partial charge in [0.1, 0.15) is 5.52 Å². The molecule has 114 valence electrons. The summed E-state index contributed by atoms with van der Waals surface area (Å²) in [5.41, 5.74) is 8.21. The summed E-state index contributed by atoms with van der Waals surface area (Å²) in [7, 11) is 2.20. The SMILES string of the molecule is CCC1CN(C)CCCN1Cc1nc2c(N)cccc2o1. The van der Waals surface area contributed by atoms with Gasteiger partial charge in [-0.1, -0.05) is 13.0 Å². The maximum Gasteiger partial charge on any atom is 0.209 e. The Labute approximate surface area is 125 Å². The fraction of sp³-hybridized carbons (Fsp3) is 0.562. The molecule has 5 nitrogen and oxygen atoms in total. The Morgan fingerprint density at radius 3 is 3.00 bits per heavy atom. The molecule has 0 aliphatic carbocycles. The first-order valence-electron chi connectivity index (χ1n) is 7.74. The van der Waals surface area contributed by atoms with Gasteiger partial charge in [0.2, 0.25) is 5.89 Å². The summed E-state index contributed by atoms with van der Waals surface area (Å²) in [5.74, 6) is 0.769. The summed E-state index contributed by atoms with van der Waals surface area (Å²) >= 11 is 0. The van der Waals surface area contributed by atoms with E-state index in [2.05, 4.69) is 28.8 Å². The Morgan fingerprint density at radius 2 is 2.24 bits per heavy atom. The Hall–Kier alpha value is -1.59. The first-order chi connectivity index (χ1) is 10.2. The number of rotatable bonds is 3. The number of aromatic nitrogens is 1. The van der Waals surface area contributed by atoms with E-state index >= 15 is 0 Å². The van der Waals surface area contributed by atoms with Crippen molar-refractivity contribution in [1.82, 2.24) is 14.8 Å². The Kier molecular flexibility index (Phi) is 4.12. The standard InChI is InChI=1S/C16H24N4O/c1-3-12-10-19(2)8-5-9-20(12)11-15-18-16-13(17)6-4-7-14(16)21-15/h4,6-7,12H,3,5,8-11,17H2,1-2H3. The van der Waals surface area contributed by atoms with Crippen molar-refractivity contribution in [2.24, 2.45) is 0 Å². The number of likely N-dealkylation sites (N-methyl/N-ethyl adjacent to an activating group) is 1. The van der Waals surface area contributed by atoms with E-state index in [0.29, 0.717) is 11.7 Å². The molecular formula is C16H24N4O. The van der Waals surface area contributed by atoms with Gasteiger partial charge in [0.25, 0.3) is 0 Å². The van der Waals surface area contributed by atoms with Gasteiger partial charge in [0.15, 0.2) is 5.58 Å². The Bertz CT molecular complexity index is 609. The molecule has 5 heteroatoms. The third kappa shape index (κ3) is 3.04. The van der Waals surface area contributed by atoms with Crippen molar-refractivity contribution in [2.45, 2.75) is 32.4 Å². The lowest BCUT2D eigenvalue weighted by atomic mass is 10.2. The number of hydrogen-bond acceptors (Lipinski definition) is 5. The minimum absolute atomic E-state index is 0.560. The normalized spacial score (nSPS) is 21.7. The molecule has 2 N–H and O–H groups in total. The van der Waals surface area contributed by atoms with Crippen LogP contribution in [0.3, 0.4) is 0 Å². The monoisotopic (exact) mass is 288 g/mol. The lowest BCUT2D eigenvalue weighted by Crippen LogP contribution is -2.39. The maximum absolute atomic E-state index is 5.96. The number of anilines is 1. The van der Waals surface area contributed by atoms with Crippen molar-refractivity contribution in [2.75, 3.05) is 32.4 Å². The van der Waals surface area contributed by atoms with Crippen LogP contribution in [-0.4, -0.2) is 47.5 Å². The molecule has 21 heavy (non-hydrogen) atoms. The Morgan fingerprint density at radius 1 is 1.38 bits per heavy atom. The van der Waals surface area contributed by atoms with Gasteiger partial charge >= 0.3 is 0 Å². The fourth-order valence-corrected chi connectivity index (χ4v) is 3.15. The number of nitrogens with zero attached hydrogens (tertiary/aromatic N) is 3. The van der Waals surface area contributed by atoms with Crippen LogP contribution in [0, 0.1) is 0 Å². The van der Waals surface area contributed by atoms with E-state index in [4.69, 9.17) is 10.2 Å². The largest absolute Gasteiger partial charge is 0.439 e. The molecule has 1 aromatic heterocycles. The predicted octanol–water partition coefficient (Wildman–Crippen LogP) is 2.33. The number of nitrogens with two attached hydrogens (primary N) is 1. The maximum atomic E-state index is 5.96. The van der Waals surface area contributed by atoms with Crippen LogP contribution in [0.2, 0.25) is 0 Å². The second-order valence-corrected chi connectivity index (χ2v) is 5.95. The van der Waals surface area contributed by atoms with Gasteiger partial charge in [-0.25, -0.2) is 4.98 Å². The molecule has 1 fully saturated rings. The van der Waals surface area contributed by atoms with E-state index in [1.807, 2.05) is 18.2 Å². The lowest BCUT2D eigenvalue weighted by Gasteiger charge is -2.28. The molecule has 2 aromatic rings. The number of benzene rings is 1. The number of oxazole rings is 1. The van der Waals surface area contributed by atoms with Crippen LogP contribution >= 0.6 is 0 Å². The van der Waals surface area contributed by atoms with Crippen molar-refractivity contribution in [1.29, 1.82) is 0 Å². The molecule has 1 atom stereocenters. The average Bonchev–Trinajstić information content (AvgIpc) is 2.79. The summed E-state index contributed by atoms with van der Waals surface area (Å²) in [6, 6.07) is 6.26. The molecule has 1 unspecified atom stereocenters. The quantitative estimate of drug-likeness (QED) is 0.878. The van der Waals surface area contributed by atoms with Gasteiger partial charge in [-0.05, 0) is 38.6 Å². The number of nitrogen functional groups attached to an aromatic ring is 1. The fourth-order valence-electron chi connectivity index (χ4n) is 3.15. The van der Waals surface area contributed by atoms with Gasteiger partial charge in [-0.15, -0.1) is 0 Å². The van der Waals surface area contributed by atoms with E-state index in [0.717, 1.165) is 49.6 Å². The first kappa shape index (κ1) is 14.4. The van der Waals surface area contributed by atoms with Crippen LogP contribution in [0.4, 0.5) is 5.69 Å². The van der Waals surface area contributed by atoms with Gasteiger partial charge in [-0.3, -0.25) is 4.90 Å². The van der Waals surface area contributed by atoms with Gasteiger partial charge < -0.3 is 15.1 Å². The molecule has 0 amide bonds. The van der Waals surface area contributed by atoms with E-state index in [1.54, 1.807) is 0 Å². The van der Waals surface area contributed by atoms with Crippen LogP contribution in [0.1, 0.15) is 25.7 Å². The van der Waals surface area contributed by atoms with Crippen LogP contribution in [0.5, 0.6) is 0 Å². The van der Waals surface area contributed by atoms with Gasteiger partial charge in [0, 0.05) is 19.1 Å². The predicted molar refractivity (Wildman–Crippen MR) is 85.0 cm³/mol. The zero-order chi connectivity index (χ0) is 14.8. The highest BCUT2D eigenvalue weighted by atomic mass is 16.3. The number of fused-ring (bicyclic) bond motifs is 1.